The first-order chi connectivity index (χ1) is 17.7. The lowest BCUT2D eigenvalue weighted by atomic mass is 10.2. The number of benzene rings is 2. The van der Waals surface area contributed by atoms with E-state index in [1.165, 1.54) is 20.7 Å². The van der Waals surface area contributed by atoms with E-state index in [9.17, 15) is 21.6 Å². The number of hydrogen-bond acceptors (Lipinski definition) is 7. The Morgan fingerprint density at radius 2 is 1.46 bits per heavy atom. The highest BCUT2D eigenvalue weighted by molar-refractivity contribution is 7.89. The van der Waals surface area contributed by atoms with Crippen molar-refractivity contribution in [3.8, 4) is 5.75 Å². The minimum atomic E-state index is -3.61. The molecule has 2 heterocycles. The van der Waals surface area contributed by atoms with Crippen molar-refractivity contribution in [1.82, 2.24) is 13.9 Å². The van der Waals surface area contributed by atoms with Gasteiger partial charge in [-0.25, -0.2) is 16.8 Å². The van der Waals surface area contributed by atoms with Crippen molar-refractivity contribution in [2.75, 3.05) is 46.0 Å². The molecule has 4 rings (SSSR count). The molecule has 0 aromatic heterocycles. The minimum Gasteiger partial charge on any atom is -0.484 e. The molecule has 0 radical (unpaired) electrons. The Morgan fingerprint density at radius 3 is 2.11 bits per heavy atom. The molecule has 2 fully saturated rings. The molecule has 0 saturated carbocycles. The van der Waals surface area contributed by atoms with Crippen LogP contribution in [0.5, 0.6) is 5.75 Å². The third-order valence-electron chi connectivity index (χ3n) is 6.48. The zero-order valence-corrected chi connectivity index (χ0v) is 22.5. The van der Waals surface area contributed by atoms with Gasteiger partial charge >= 0.3 is 0 Å². The number of carbonyl (C=O) groups is 1. The molecule has 2 aromatic carbocycles. The molecular weight excluding hydrogens is 518 g/mol. The molecule has 37 heavy (non-hydrogen) atoms. The second-order valence-electron chi connectivity index (χ2n) is 9.12. The van der Waals surface area contributed by atoms with Crippen LogP contribution in [-0.4, -0.2) is 77.4 Å². The molecule has 1 amide bonds. The topological polar surface area (TPSA) is 122 Å². The first kappa shape index (κ1) is 27.5. The van der Waals surface area contributed by atoms with Gasteiger partial charge in [0.05, 0.1) is 23.0 Å². The fourth-order valence-electron chi connectivity index (χ4n) is 4.31. The van der Waals surface area contributed by atoms with E-state index in [0.717, 1.165) is 24.8 Å². The summed E-state index contributed by atoms with van der Waals surface area (Å²) in [5, 5.41) is 2.75. The molecule has 10 nitrogen and oxygen atoms in total. The number of morpholine rings is 1. The zero-order valence-electron chi connectivity index (χ0n) is 20.9. The summed E-state index contributed by atoms with van der Waals surface area (Å²) in [4.78, 5) is 12.7. The maximum Gasteiger partial charge on any atom is 0.258 e. The molecule has 202 valence electrons. The summed E-state index contributed by atoms with van der Waals surface area (Å²) >= 11 is 0. The third-order valence-corrected chi connectivity index (χ3v) is 10.3. The largest absolute Gasteiger partial charge is 0.484 e. The van der Waals surface area contributed by atoms with E-state index in [2.05, 4.69) is 5.32 Å². The van der Waals surface area contributed by atoms with Crippen molar-refractivity contribution in [3.63, 3.8) is 0 Å². The van der Waals surface area contributed by atoms with E-state index in [0.29, 0.717) is 50.7 Å². The van der Waals surface area contributed by atoms with Gasteiger partial charge in [0.15, 0.2) is 6.61 Å². The van der Waals surface area contributed by atoms with Crippen LogP contribution in [0.4, 0.5) is 0 Å². The monoisotopic (exact) mass is 551 g/mol. The van der Waals surface area contributed by atoms with Crippen molar-refractivity contribution in [2.45, 2.75) is 42.5 Å². The summed E-state index contributed by atoms with van der Waals surface area (Å²) < 4.78 is 64.9. The minimum absolute atomic E-state index is 0.175. The van der Waals surface area contributed by atoms with Crippen LogP contribution >= 0.6 is 0 Å². The summed E-state index contributed by atoms with van der Waals surface area (Å²) in [7, 11) is -7.10. The van der Waals surface area contributed by atoms with E-state index in [1.54, 1.807) is 37.3 Å². The van der Waals surface area contributed by atoms with Crippen molar-refractivity contribution < 1.29 is 31.1 Å². The molecule has 2 saturated heterocycles. The number of piperidine rings is 1. The fraction of sp³-hybridized carbons (Fsp3) is 0.480. The highest BCUT2D eigenvalue weighted by Crippen LogP contribution is 2.25. The van der Waals surface area contributed by atoms with E-state index in [-0.39, 0.29) is 28.8 Å². The smallest absolute Gasteiger partial charge is 0.258 e. The molecule has 0 bridgehead atoms. The number of amides is 1. The zero-order chi connectivity index (χ0) is 26.5. The van der Waals surface area contributed by atoms with Crippen LogP contribution in [0.1, 0.15) is 30.4 Å². The first-order valence-electron chi connectivity index (χ1n) is 12.3. The summed E-state index contributed by atoms with van der Waals surface area (Å²) in [5.41, 5.74) is 1.37. The number of ether oxygens (including phenoxy) is 2. The van der Waals surface area contributed by atoms with Gasteiger partial charge in [0.1, 0.15) is 5.75 Å². The number of sulfonamides is 2. The van der Waals surface area contributed by atoms with E-state index >= 15 is 0 Å². The van der Waals surface area contributed by atoms with Crippen LogP contribution in [0, 0.1) is 6.92 Å². The third kappa shape index (κ3) is 6.68. The number of rotatable bonds is 9. The van der Waals surface area contributed by atoms with Gasteiger partial charge < -0.3 is 14.8 Å². The number of hydrogen-bond donors (Lipinski definition) is 1. The van der Waals surface area contributed by atoms with Crippen LogP contribution in [0.25, 0.3) is 0 Å². The van der Waals surface area contributed by atoms with Crippen LogP contribution in [-0.2, 0) is 36.1 Å². The number of aryl methyl sites for hydroxylation is 1. The molecule has 12 heteroatoms. The standard InChI is InChI=1S/C25H33N3O7S2/c1-20-17-23(37(32,33)28-13-15-34-16-14-28)9-10-24(20)35-19-25(29)26-18-21-5-7-22(8-6-21)36(30,31)27-11-3-2-4-12-27/h5-10,17H,2-4,11-16,18-19H2,1H3,(H,26,29). The van der Waals surface area contributed by atoms with Crippen LogP contribution < -0.4 is 10.1 Å². The summed E-state index contributed by atoms with van der Waals surface area (Å²) in [6.07, 6.45) is 2.81. The second-order valence-corrected chi connectivity index (χ2v) is 13.0. The summed E-state index contributed by atoms with van der Waals surface area (Å²) in [6.45, 7) is 4.18. The Kier molecular flexibility index (Phi) is 8.86. The average Bonchev–Trinajstić information content (AvgIpc) is 2.92. The molecule has 0 unspecified atom stereocenters. The Labute approximate surface area is 218 Å². The highest BCUT2D eigenvalue weighted by atomic mass is 32.2. The number of nitrogens with one attached hydrogen (secondary N) is 1. The predicted molar refractivity (Wildman–Crippen MR) is 137 cm³/mol. The van der Waals surface area contributed by atoms with Crippen molar-refractivity contribution in [1.29, 1.82) is 0 Å². The Morgan fingerprint density at radius 1 is 0.865 bits per heavy atom. The normalized spacial score (nSPS) is 17.9. The lowest BCUT2D eigenvalue weighted by Gasteiger charge is -2.26. The van der Waals surface area contributed by atoms with E-state index in [4.69, 9.17) is 9.47 Å². The average molecular weight is 552 g/mol. The number of nitrogens with zero attached hydrogens (tertiary/aromatic N) is 2. The van der Waals surface area contributed by atoms with Gasteiger partial charge in [-0.15, -0.1) is 0 Å². The Balaban J connectivity index is 1.28. The maximum atomic E-state index is 12.8. The van der Waals surface area contributed by atoms with Crippen LogP contribution in [0.2, 0.25) is 0 Å². The molecule has 2 aromatic rings. The van der Waals surface area contributed by atoms with Crippen LogP contribution in [0.3, 0.4) is 0 Å². The molecule has 2 aliphatic rings. The van der Waals surface area contributed by atoms with Gasteiger partial charge in [0.2, 0.25) is 20.0 Å². The van der Waals surface area contributed by atoms with Gasteiger partial charge in [0.25, 0.3) is 5.91 Å². The molecule has 2 aliphatic heterocycles. The van der Waals surface area contributed by atoms with Crippen molar-refractivity contribution in [2.24, 2.45) is 0 Å². The van der Waals surface area contributed by atoms with E-state index < -0.39 is 20.0 Å². The van der Waals surface area contributed by atoms with Gasteiger partial charge in [-0.3, -0.25) is 4.79 Å². The van der Waals surface area contributed by atoms with Crippen LogP contribution in [0.15, 0.2) is 52.3 Å². The van der Waals surface area contributed by atoms with Crippen molar-refractivity contribution in [3.05, 3.63) is 53.6 Å². The van der Waals surface area contributed by atoms with Gasteiger partial charge in [-0.1, -0.05) is 18.6 Å². The first-order valence-corrected chi connectivity index (χ1v) is 15.2. The predicted octanol–water partition coefficient (Wildman–Crippen LogP) is 1.89. The van der Waals surface area contributed by atoms with Gasteiger partial charge in [-0.05, 0) is 61.2 Å². The lowest BCUT2D eigenvalue weighted by Crippen LogP contribution is -2.40. The maximum absolute atomic E-state index is 12.8. The lowest BCUT2D eigenvalue weighted by molar-refractivity contribution is -0.123. The fourth-order valence-corrected chi connectivity index (χ4v) is 7.32. The molecule has 0 aliphatic carbocycles. The Hall–Kier alpha value is -2.51. The van der Waals surface area contributed by atoms with E-state index in [1.807, 2.05) is 0 Å². The summed E-state index contributed by atoms with van der Waals surface area (Å²) in [5.74, 6) is 0.0674. The second kappa shape index (κ2) is 11.9. The quantitative estimate of drug-likeness (QED) is 0.505. The summed E-state index contributed by atoms with van der Waals surface area (Å²) in [6, 6.07) is 11.1. The molecule has 1 N–H and O–H groups in total. The Bertz CT molecular complexity index is 1300. The SMILES string of the molecule is Cc1cc(S(=O)(=O)N2CCOCC2)ccc1OCC(=O)NCc1ccc(S(=O)(=O)N2CCCCC2)cc1. The van der Waals surface area contributed by atoms with Gasteiger partial charge in [0, 0.05) is 32.7 Å². The molecular formula is C25H33N3O7S2. The van der Waals surface area contributed by atoms with Crippen molar-refractivity contribution >= 4 is 26.0 Å². The number of carbonyl (C=O) groups excluding carboxylic acids is 1. The molecule has 0 atom stereocenters. The van der Waals surface area contributed by atoms with Gasteiger partial charge in [-0.2, -0.15) is 8.61 Å². The highest BCUT2D eigenvalue weighted by Gasteiger charge is 2.27. The molecule has 0 spiro atoms.